The van der Waals surface area contributed by atoms with Crippen molar-refractivity contribution in [3.63, 3.8) is 0 Å². The Bertz CT molecular complexity index is 979. The lowest BCUT2D eigenvalue weighted by molar-refractivity contribution is -0.201. The van der Waals surface area contributed by atoms with Crippen LogP contribution in [0.1, 0.15) is 30.4 Å². The second kappa shape index (κ2) is 10.4. The zero-order valence-corrected chi connectivity index (χ0v) is 20.2. The lowest BCUT2D eigenvalue weighted by Gasteiger charge is -2.36. The first kappa shape index (κ1) is 23.2. The average Bonchev–Trinajstić information content (AvgIpc) is 3.63. The van der Waals surface area contributed by atoms with Crippen molar-refractivity contribution in [3.05, 3.63) is 41.5 Å². The summed E-state index contributed by atoms with van der Waals surface area (Å²) >= 11 is 0. The highest BCUT2D eigenvalue weighted by atomic mass is 16.7. The third-order valence-electron chi connectivity index (χ3n) is 7.24. The van der Waals surface area contributed by atoms with E-state index in [0.29, 0.717) is 17.7 Å². The van der Waals surface area contributed by atoms with Gasteiger partial charge >= 0.3 is 0 Å². The van der Waals surface area contributed by atoms with Crippen molar-refractivity contribution in [3.8, 4) is 0 Å². The topological polar surface area (TPSA) is 88.0 Å². The molecule has 4 aliphatic rings. The average molecular weight is 465 g/mol. The summed E-state index contributed by atoms with van der Waals surface area (Å²) in [5, 5.41) is 3.99. The Labute approximate surface area is 202 Å². The van der Waals surface area contributed by atoms with Gasteiger partial charge in [-0.2, -0.15) is 5.10 Å². The Morgan fingerprint density at radius 3 is 2.65 bits per heavy atom. The van der Waals surface area contributed by atoms with Crippen LogP contribution in [0.15, 0.2) is 45.4 Å². The van der Waals surface area contributed by atoms with Gasteiger partial charge < -0.3 is 20.2 Å². The SMILES string of the molecule is Cc1cc(N2CCN(CC3=NCCC=C3)CC2)ccc1/C(C=NCC1OCC2(CC2)CO1)=N/N. The molecule has 1 aromatic carbocycles. The second-order valence-corrected chi connectivity index (χ2v) is 9.89. The molecule has 34 heavy (non-hydrogen) atoms. The molecule has 1 spiro atoms. The molecule has 2 saturated heterocycles. The lowest BCUT2D eigenvalue weighted by Crippen LogP contribution is -2.48. The minimum Gasteiger partial charge on any atom is -0.369 e. The van der Waals surface area contributed by atoms with Crippen LogP contribution in [0, 0.1) is 12.3 Å². The van der Waals surface area contributed by atoms with Crippen LogP contribution in [-0.2, 0) is 9.47 Å². The van der Waals surface area contributed by atoms with Gasteiger partial charge in [0.05, 0.1) is 19.8 Å². The molecule has 182 valence electrons. The van der Waals surface area contributed by atoms with E-state index in [0.717, 1.165) is 70.0 Å². The molecule has 3 fully saturated rings. The predicted molar refractivity (Wildman–Crippen MR) is 137 cm³/mol. The minimum atomic E-state index is -0.273. The predicted octanol–water partition coefficient (Wildman–Crippen LogP) is 2.40. The molecule has 2 N–H and O–H groups in total. The maximum atomic E-state index is 5.81. The Morgan fingerprint density at radius 2 is 2.00 bits per heavy atom. The van der Waals surface area contributed by atoms with Crippen LogP contribution in [-0.4, -0.2) is 87.9 Å². The monoisotopic (exact) mass is 464 g/mol. The molecule has 8 heteroatoms. The third kappa shape index (κ3) is 5.56. The number of ether oxygens (including phenoxy) is 2. The van der Waals surface area contributed by atoms with Crippen LogP contribution < -0.4 is 10.7 Å². The molecular weight excluding hydrogens is 428 g/mol. The van der Waals surface area contributed by atoms with Crippen LogP contribution >= 0.6 is 0 Å². The molecule has 0 bridgehead atoms. The van der Waals surface area contributed by atoms with Gasteiger partial charge in [-0.25, -0.2) is 0 Å². The summed E-state index contributed by atoms with van der Waals surface area (Å²) in [6.45, 7) is 10.1. The van der Waals surface area contributed by atoms with Crippen LogP contribution in [0.5, 0.6) is 0 Å². The molecule has 0 unspecified atom stereocenters. The summed E-state index contributed by atoms with van der Waals surface area (Å²) < 4.78 is 11.6. The molecule has 3 aliphatic heterocycles. The van der Waals surface area contributed by atoms with E-state index in [1.54, 1.807) is 6.21 Å². The van der Waals surface area contributed by atoms with Crippen molar-refractivity contribution < 1.29 is 9.47 Å². The number of benzene rings is 1. The van der Waals surface area contributed by atoms with Crippen molar-refractivity contribution in [2.24, 2.45) is 26.3 Å². The Hall–Kier alpha value is -2.55. The van der Waals surface area contributed by atoms with Crippen molar-refractivity contribution in [1.82, 2.24) is 4.90 Å². The number of nitrogens with two attached hydrogens (primary N) is 1. The summed E-state index contributed by atoms with van der Waals surface area (Å²) in [5.74, 6) is 5.71. The van der Waals surface area contributed by atoms with Gasteiger partial charge in [0, 0.05) is 67.9 Å². The van der Waals surface area contributed by atoms with Gasteiger partial charge in [-0.3, -0.25) is 14.9 Å². The van der Waals surface area contributed by atoms with E-state index in [2.05, 4.69) is 62.2 Å². The van der Waals surface area contributed by atoms with Gasteiger partial charge in [0.15, 0.2) is 6.29 Å². The van der Waals surface area contributed by atoms with E-state index in [4.69, 9.17) is 15.3 Å². The maximum Gasteiger partial charge on any atom is 0.176 e. The summed E-state index contributed by atoms with van der Waals surface area (Å²) in [6.07, 6.45) is 9.36. The molecule has 1 saturated carbocycles. The van der Waals surface area contributed by atoms with E-state index in [-0.39, 0.29) is 6.29 Å². The van der Waals surface area contributed by atoms with Gasteiger partial charge in [-0.1, -0.05) is 12.1 Å². The number of anilines is 1. The first-order chi connectivity index (χ1) is 16.6. The van der Waals surface area contributed by atoms with E-state index in [9.17, 15) is 0 Å². The number of rotatable bonds is 7. The highest BCUT2D eigenvalue weighted by Crippen LogP contribution is 2.48. The van der Waals surface area contributed by atoms with Crippen LogP contribution in [0.25, 0.3) is 0 Å². The molecule has 1 aliphatic carbocycles. The Morgan fingerprint density at radius 1 is 1.21 bits per heavy atom. The number of piperazine rings is 1. The van der Waals surface area contributed by atoms with E-state index >= 15 is 0 Å². The molecular formula is C26H36N6O2. The number of aliphatic imine (C=N–C) groups is 2. The molecule has 8 nitrogen and oxygen atoms in total. The van der Waals surface area contributed by atoms with Gasteiger partial charge in [0.1, 0.15) is 5.71 Å². The molecule has 0 radical (unpaired) electrons. The fraction of sp³-hybridized carbons (Fsp3) is 0.577. The summed E-state index contributed by atoms with van der Waals surface area (Å²) in [6, 6.07) is 6.48. The van der Waals surface area contributed by atoms with E-state index in [1.165, 1.54) is 24.2 Å². The number of nitrogens with zero attached hydrogens (tertiary/aromatic N) is 5. The first-order valence-corrected chi connectivity index (χ1v) is 12.4. The second-order valence-electron chi connectivity index (χ2n) is 9.89. The first-order valence-electron chi connectivity index (χ1n) is 12.4. The van der Waals surface area contributed by atoms with Crippen molar-refractivity contribution in [2.75, 3.05) is 63.9 Å². The molecule has 1 aromatic rings. The number of dihydropyridines is 1. The quantitative estimate of drug-likeness (QED) is 0.380. The summed E-state index contributed by atoms with van der Waals surface area (Å²) in [4.78, 5) is 14.1. The molecule has 0 atom stereocenters. The highest BCUT2D eigenvalue weighted by molar-refractivity contribution is 6.38. The Balaban J connectivity index is 1.13. The van der Waals surface area contributed by atoms with Gasteiger partial charge in [0.2, 0.25) is 0 Å². The number of hydrogen-bond acceptors (Lipinski definition) is 8. The summed E-state index contributed by atoms with van der Waals surface area (Å²) in [7, 11) is 0. The minimum absolute atomic E-state index is 0.273. The van der Waals surface area contributed by atoms with Gasteiger partial charge in [-0.15, -0.1) is 0 Å². The smallest absolute Gasteiger partial charge is 0.176 e. The molecule has 0 aromatic heterocycles. The highest BCUT2D eigenvalue weighted by Gasteiger charge is 2.46. The summed E-state index contributed by atoms with van der Waals surface area (Å²) in [5.41, 5.74) is 5.56. The normalized spacial score (nSPS) is 23.6. The number of hydrogen-bond donors (Lipinski definition) is 1. The van der Waals surface area contributed by atoms with E-state index < -0.39 is 0 Å². The molecule has 0 amide bonds. The van der Waals surface area contributed by atoms with Crippen molar-refractivity contribution in [1.29, 1.82) is 0 Å². The van der Waals surface area contributed by atoms with Gasteiger partial charge in [-0.05, 0) is 50.0 Å². The largest absolute Gasteiger partial charge is 0.369 e. The lowest BCUT2D eigenvalue weighted by atomic mass is 10.0. The fourth-order valence-corrected chi connectivity index (χ4v) is 4.78. The molecule has 5 rings (SSSR count). The number of aryl methyl sites for hydroxylation is 1. The van der Waals surface area contributed by atoms with Crippen LogP contribution in [0.2, 0.25) is 0 Å². The van der Waals surface area contributed by atoms with E-state index in [1.807, 2.05) is 0 Å². The van der Waals surface area contributed by atoms with Crippen LogP contribution in [0.3, 0.4) is 0 Å². The molecule has 3 heterocycles. The zero-order chi connectivity index (χ0) is 23.4. The van der Waals surface area contributed by atoms with Gasteiger partial charge in [0.25, 0.3) is 0 Å². The maximum absolute atomic E-state index is 5.81. The zero-order valence-electron chi connectivity index (χ0n) is 20.2. The van der Waals surface area contributed by atoms with Crippen molar-refractivity contribution in [2.45, 2.75) is 32.5 Å². The number of hydrazone groups is 1. The third-order valence-corrected chi connectivity index (χ3v) is 7.24. The standard InChI is InChI=1S/C26H36N6O2/c1-20-14-22(32-12-10-31(11-13-32)17-21-4-2-3-9-29-21)5-6-23(20)24(30-27)15-28-16-25-33-18-26(7-8-26)19-34-25/h2,4-6,14-15,25H,3,7-13,16-19,27H2,1H3/b28-15?,30-24+. The van der Waals surface area contributed by atoms with Crippen LogP contribution in [0.4, 0.5) is 5.69 Å². The fourth-order valence-electron chi connectivity index (χ4n) is 4.78. The van der Waals surface area contributed by atoms with Crippen molar-refractivity contribution >= 4 is 23.3 Å². The Kier molecular flexibility index (Phi) is 7.08.